The van der Waals surface area contributed by atoms with Gasteiger partial charge in [0.25, 0.3) is 0 Å². The molecule has 0 radical (unpaired) electrons. The molecule has 0 aliphatic carbocycles. The van der Waals surface area contributed by atoms with Gasteiger partial charge in [-0.15, -0.1) is 0 Å². The molecule has 0 aromatic heterocycles. The Morgan fingerprint density at radius 1 is 1.22 bits per heavy atom. The van der Waals surface area contributed by atoms with Gasteiger partial charge in [0.1, 0.15) is 6.61 Å². The van der Waals surface area contributed by atoms with E-state index >= 15 is 0 Å². The molecular weight excluding hydrogens is 341 g/mol. The Bertz CT molecular complexity index is 344. The molecule has 1 unspecified atom stereocenters. The van der Waals surface area contributed by atoms with Gasteiger partial charge >= 0.3 is 0 Å². The van der Waals surface area contributed by atoms with E-state index in [0.29, 0.717) is 18.6 Å². The molecule has 0 aliphatic heterocycles. The molecule has 1 aromatic rings. The molecule has 0 saturated carbocycles. The van der Waals surface area contributed by atoms with Gasteiger partial charge in [0.05, 0.1) is 7.11 Å². The molecule has 0 fully saturated rings. The Morgan fingerprint density at radius 3 is 2.44 bits per heavy atom. The molecule has 0 amide bonds. The van der Waals surface area contributed by atoms with Gasteiger partial charge in [-0.3, -0.25) is 0 Å². The van der Waals surface area contributed by atoms with E-state index in [9.17, 15) is 0 Å². The van der Waals surface area contributed by atoms with Gasteiger partial charge in [0, 0.05) is 17.0 Å². The lowest BCUT2D eigenvalue weighted by molar-refractivity contribution is 0.281. The first kappa shape index (κ1) is 15.6. The predicted octanol–water partition coefficient (Wildman–Crippen LogP) is 3.12. The van der Waals surface area contributed by atoms with Crippen LogP contribution in [0.25, 0.3) is 0 Å². The highest BCUT2D eigenvalue weighted by atomic mass is 127. The smallest absolute Gasteiger partial charge is 0.161 e. The molecule has 18 heavy (non-hydrogen) atoms. The molecule has 0 aliphatic rings. The van der Waals surface area contributed by atoms with Crippen molar-refractivity contribution in [2.75, 3.05) is 24.7 Å². The Kier molecular flexibility index (Phi) is 7.42. The third-order valence-electron chi connectivity index (χ3n) is 2.81. The molecule has 102 valence electrons. The summed E-state index contributed by atoms with van der Waals surface area (Å²) in [4.78, 5) is 0. The third kappa shape index (κ3) is 5.02. The van der Waals surface area contributed by atoms with Crippen molar-refractivity contribution in [1.82, 2.24) is 5.32 Å². The molecule has 0 bridgehead atoms. The molecule has 1 atom stereocenters. The molecule has 1 N–H and O–H groups in total. The number of nitrogens with one attached hydrogen (secondary N) is 1. The zero-order chi connectivity index (χ0) is 13.4. The molecule has 0 saturated heterocycles. The van der Waals surface area contributed by atoms with E-state index in [4.69, 9.17) is 9.47 Å². The first-order valence-corrected chi connectivity index (χ1v) is 7.76. The van der Waals surface area contributed by atoms with E-state index in [2.05, 4.69) is 41.8 Å². The zero-order valence-electron chi connectivity index (χ0n) is 11.3. The summed E-state index contributed by atoms with van der Waals surface area (Å²) >= 11 is 2.42. The Morgan fingerprint density at radius 2 is 1.89 bits per heavy atom. The van der Waals surface area contributed by atoms with Gasteiger partial charge in [-0.2, -0.15) is 0 Å². The second-order valence-electron chi connectivity index (χ2n) is 4.46. The summed E-state index contributed by atoms with van der Waals surface area (Å²) in [6.45, 7) is 5.97. The van der Waals surface area contributed by atoms with Crippen LogP contribution in [0, 0.1) is 5.92 Å². The second kappa shape index (κ2) is 8.58. The lowest BCUT2D eigenvalue weighted by Gasteiger charge is -2.20. The molecule has 3 nitrogen and oxygen atoms in total. The summed E-state index contributed by atoms with van der Waals surface area (Å²) in [6, 6.07) is 8.27. The average molecular weight is 363 g/mol. The topological polar surface area (TPSA) is 30.5 Å². The van der Waals surface area contributed by atoms with Crippen molar-refractivity contribution in [2.45, 2.75) is 19.9 Å². The van der Waals surface area contributed by atoms with E-state index in [-0.39, 0.29) is 0 Å². The van der Waals surface area contributed by atoms with E-state index in [1.165, 1.54) is 0 Å². The van der Waals surface area contributed by atoms with Gasteiger partial charge in [0.2, 0.25) is 0 Å². The molecule has 0 spiro atoms. The first-order valence-electron chi connectivity index (χ1n) is 6.24. The number of para-hydroxylation sites is 2. The summed E-state index contributed by atoms with van der Waals surface area (Å²) in [7, 11) is 1.66. The number of ether oxygens (including phenoxy) is 2. The van der Waals surface area contributed by atoms with E-state index in [0.717, 1.165) is 22.5 Å². The normalized spacial score (nSPS) is 12.5. The van der Waals surface area contributed by atoms with Crippen LogP contribution in [-0.4, -0.2) is 30.7 Å². The van der Waals surface area contributed by atoms with Crippen LogP contribution in [-0.2, 0) is 0 Å². The number of halogens is 1. The van der Waals surface area contributed by atoms with Crippen LogP contribution in [0.4, 0.5) is 0 Å². The minimum Gasteiger partial charge on any atom is -0.493 e. The summed E-state index contributed by atoms with van der Waals surface area (Å²) in [5.41, 5.74) is 0. The molecule has 1 aromatic carbocycles. The SMILES string of the molecule is COc1ccccc1OCCNC(CI)C(C)C. The predicted molar refractivity (Wildman–Crippen MR) is 84.0 cm³/mol. The standard InChI is InChI=1S/C14H22INO2/c1-11(2)12(10-15)16-8-9-18-14-7-5-4-6-13(14)17-3/h4-7,11-12,16H,8-10H2,1-3H3. The van der Waals surface area contributed by atoms with Crippen LogP contribution >= 0.6 is 22.6 Å². The van der Waals surface area contributed by atoms with Crippen molar-refractivity contribution in [2.24, 2.45) is 5.92 Å². The van der Waals surface area contributed by atoms with Crippen LogP contribution in [0.3, 0.4) is 0 Å². The number of rotatable bonds is 8. The van der Waals surface area contributed by atoms with Crippen LogP contribution in [0.15, 0.2) is 24.3 Å². The number of hydrogen-bond donors (Lipinski definition) is 1. The zero-order valence-corrected chi connectivity index (χ0v) is 13.4. The van der Waals surface area contributed by atoms with Crippen LogP contribution in [0.5, 0.6) is 11.5 Å². The van der Waals surface area contributed by atoms with Gasteiger partial charge in [-0.25, -0.2) is 0 Å². The van der Waals surface area contributed by atoms with Crippen molar-refractivity contribution in [3.8, 4) is 11.5 Å². The van der Waals surface area contributed by atoms with Crippen LogP contribution < -0.4 is 14.8 Å². The fraction of sp³-hybridized carbons (Fsp3) is 0.571. The Balaban J connectivity index is 2.33. The highest BCUT2D eigenvalue weighted by Gasteiger charge is 2.10. The molecule has 0 heterocycles. The lowest BCUT2D eigenvalue weighted by atomic mass is 10.1. The number of methoxy groups -OCH3 is 1. The van der Waals surface area contributed by atoms with E-state index in [1.54, 1.807) is 7.11 Å². The average Bonchev–Trinajstić information content (AvgIpc) is 2.38. The van der Waals surface area contributed by atoms with Gasteiger partial charge in [-0.05, 0) is 18.1 Å². The fourth-order valence-electron chi connectivity index (χ4n) is 1.61. The minimum atomic E-state index is 0.548. The maximum absolute atomic E-state index is 5.71. The number of hydrogen-bond acceptors (Lipinski definition) is 3. The van der Waals surface area contributed by atoms with Crippen LogP contribution in [0.1, 0.15) is 13.8 Å². The van der Waals surface area contributed by atoms with Crippen molar-refractivity contribution in [3.05, 3.63) is 24.3 Å². The lowest BCUT2D eigenvalue weighted by Crippen LogP contribution is -2.37. The maximum atomic E-state index is 5.71. The Hall–Kier alpha value is -0.490. The van der Waals surface area contributed by atoms with Crippen LogP contribution in [0.2, 0.25) is 0 Å². The van der Waals surface area contributed by atoms with Crippen molar-refractivity contribution in [3.63, 3.8) is 0 Å². The van der Waals surface area contributed by atoms with Gasteiger partial charge in [0.15, 0.2) is 11.5 Å². The van der Waals surface area contributed by atoms with Crippen molar-refractivity contribution in [1.29, 1.82) is 0 Å². The first-order chi connectivity index (χ1) is 8.69. The van der Waals surface area contributed by atoms with E-state index < -0.39 is 0 Å². The Labute approximate surface area is 123 Å². The van der Waals surface area contributed by atoms with Gasteiger partial charge < -0.3 is 14.8 Å². The van der Waals surface area contributed by atoms with Crippen molar-refractivity contribution < 1.29 is 9.47 Å². The number of alkyl halides is 1. The fourth-order valence-corrected chi connectivity index (χ4v) is 2.94. The summed E-state index contributed by atoms with van der Waals surface area (Å²) in [6.07, 6.45) is 0. The largest absolute Gasteiger partial charge is 0.493 e. The molecular formula is C14H22INO2. The highest BCUT2D eigenvalue weighted by Crippen LogP contribution is 2.25. The second-order valence-corrected chi connectivity index (χ2v) is 5.34. The highest BCUT2D eigenvalue weighted by molar-refractivity contribution is 14.1. The minimum absolute atomic E-state index is 0.548. The van der Waals surface area contributed by atoms with Crippen molar-refractivity contribution >= 4 is 22.6 Å². The van der Waals surface area contributed by atoms with Gasteiger partial charge in [-0.1, -0.05) is 48.6 Å². The quantitative estimate of drug-likeness (QED) is 0.437. The summed E-state index contributed by atoms with van der Waals surface area (Å²) < 4.78 is 12.1. The summed E-state index contributed by atoms with van der Waals surface area (Å²) in [5, 5.41) is 3.50. The number of benzene rings is 1. The monoisotopic (exact) mass is 363 g/mol. The summed E-state index contributed by atoms with van der Waals surface area (Å²) in [5.74, 6) is 2.23. The maximum Gasteiger partial charge on any atom is 0.161 e. The molecule has 1 rings (SSSR count). The molecule has 4 heteroatoms. The third-order valence-corrected chi connectivity index (χ3v) is 3.76. The van der Waals surface area contributed by atoms with E-state index in [1.807, 2.05) is 24.3 Å².